The van der Waals surface area contributed by atoms with Gasteiger partial charge in [-0.25, -0.2) is 0 Å². The van der Waals surface area contributed by atoms with Crippen molar-refractivity contribution in [3.63, 3.8) is 0 Å². The lowest BCUT2D eigenvalue weighted by molar-refractivity contribution is -0.121. The topological polar surface area (TPSA) is 55.1 Å². The zero-order chi connectivity index (χ0) is 13.4. The molecule has 0 radical (unpaired) electrons. The minimum absolute atomic E-state index is 0.0757. The van der Waals surface area contributed by atoms with Gasteiger partial charge in [-0.1, -0.05) is 38.1 Å². The van der Waals surface area contributed by atoms with Gasteiger partial charge in [0.1, 0.15) is 0 Å². The van der Waals surface area contributed by atoms with Gasteiger partial charge in [-0.2, -0.15) is 0 Å². The number of benzene rings is 1. The van der Waals surface area contributed by atoms with Gasteiger partial charge >= 0.3 is 0 Å². The Morgan fingerprint density at radius 3 is 2.39 bits per heavy atom. The quantitative estimate of drug-likeness (QED) is 0.777. The molecule has 0 aliphatic heterocycles. The van der Waals surface area contributed by atoms with Crippen LogP contribution in [0.25, 0.3) is 0 Å². The van der Waals surface area contributed by atoms with Crippen LogP contribution in [0, 0.1) is 5.92 Å². The second-order valence-corrected chi connectivity index (χ2v) is 5.08. The molecule has 0 atom stereocenters. The number of nitrogens with one attached hydrogen (secondary N) is 1. The summed E-state index contributed by atoms with van der Waals surface area (Å²) in [6.45, 7) is 5.60. The Hall–Kier alpha value is -1.35. The minimum Gasteiger partial charge on any atom is -0.352 e. The average Bonchev–Trinajstić information content (AvgIpc) is 2.35. The first kappa shape index (κ1) is 14.7. The molecule has 0 fully saturated rings. The van der Waals surface area contributed by atoms with E-state index in [2.05, 4.69) is 43.4 Å². The highest BCUT2D eigenvalue weighted by molar-refractivity contribution is 5.75. The fraction of sp³-hybridized carbons (Fsp3) is 0.533. The highest BCUT2D eigenvalue weighted by atomic mass is 16.1. The third-order valence-corrected chi connectivity index (χ3v) is 2.76. The second kappa shape index (κ2) is 7.88. The van der Waals surface area contributed by atoms with Crippen LogP contribution in [0.15, 0.2) is 24.3 Å². The van der Waals surface area contributed by atoms with Gasteiger partial charge in [0, 0.05) is 13.0 Å². The Kier molecular flexibility index (Phi) is 6.44. The van der Waals surface area contributed by atoms with Gasteiger partial charge < -0.3 is 11.1 Å². The van der Waals surface area contributed by atoms with Crippen LogP contribution in [-0.2, 0) is 17.8 Å². The van der Waals surface area contributed by atoms with Crippen molar-refractivity contribution in [2.45, 2.75) is 39.7 Å². The van der Waals surface area contributed by atoms with Crippen LogP contribution >= 0.6 is 0 Å². The van der Waals surface area contributed by atoms with E-state index in [1.165, 1.54) is 5.56 Å². The number of carbonyl (C=O) groups excluding carboxylic acids is 1. The Bertz CT molecular complexity index is 357. The first-order valence-electron chi connectivity index (χ1n) is 6.66. The molecule has 0 bridgehead atoms. The van der Waals surface area contributed by atoms with Gasteiger partial charge in [0.2, 0.25) is 5.91 Å². The van der Waals surface area contributed by atoms with Crippen molar-refractivity contribution < 1.29 is 4.79 Å². The molecule has 1 amide bonds. The average molecular weight is 248 g/mol. The van der Waals surface area contributed by atoms with Gasteiger partial charge in [-0.05, 0) is 36.4 Å². The molecular formula is C15H24N2O. The van der Waals surface area contributed by atoms with Crippen molar-refractivity contribution >= 4 is 5.91 Å². The summed E-state index contributed by atoms with van der Waals surface area (Å²) in [5, 5.41) is 2.90. The molecule has 1 aromatic rings. The maximum absolute atomic E-state index is 11.4. The van der Waals surface area contributed by atoms with Crippen LogP contribution in [0.1, 0.15) is 37.8 Å². The molecule has 18 heavy (non-hydrogen) atoms. The van der Waals surface area contributed by atoms with E-state index in [-0.39, 0.29) is 5.91 Å². The van der Waals surface area contributed by atoms with Crippen molar-refractivity contribution in [1.29, 1.82) is 0 Å². The highest BCUT2D eigenvalue weighted by Crippen LogP contribution is 2.09. The van der Waals surface area contributed by atoms with Crippen LogP contribution in [-0.4, -0.2) is 12.5 Å². The Morgan fingerprint density at radius 1 is 1.22 bits per heavy atom. The molecule has 0 aliphatic rings. The number of hydrogen-bond donors (Lipinski definition) is 2. The van der Waals surface area contributed by atoms with Gasteiger partial charge in [0.15, 0.2) is 0 Å². The van der Waals surface area contributed by atoms with Crippen LogP contribution in [0.2, 0.25) is 0 Å². The molecule has 0 saturated carbocycles. The summed E-state index contributed by atoms with van der Waals surface area (Å²) in [4.78, 5) is 11.4. The number of amides is 1. The predicted octanol–water partition coefficient (Wildman–Crippen LogP) is 2.24. The number of carbonyl (C=O) groups is 1. The van der Waals surface area contributed by atoms with Crippen LogP contribution in [0.3, 0.4) is 0 Å². The van der Waals surface area contributed by atoms with E-state index in [9.17, 15) is 4.79 Å². The van der Waals surface area contributed by atoms with Gasteiger partial charge in [0.05, 0.1) is 0 Å². The third-order valence-electron chi connectivity index (χ3n) is 2.76. The van der Waals surface area contributed by atoms with Gasteiger partial charge in [0.25, 0.3) is 0 Å². The Morgan fingerprint density at radius 2 is 1.83 bits per heavy atom. The number of nitrogens with two attached hydrogens (primary N) is 1. The lowest BCUT2D eigenvalue weighted by atomic mass is 10.0. The molecule has 0 unspecified atom stereocenters. The second-order valence-electron chi connectivity index (χ2n) is 5.08. The van der Waals surface area contributed by atoms with E-state index in [1.807, 2.05) is 0 Å². The molecule has 100 valence electrons. The zero-order valence-corrected chi connectivity index (χ0v) is 11.4. The fourth-order valence-corrected chi connectivity index (χ4v) is 1.82. The summed E-state index contributed by atoms with van der Waals surface area (Å²) in [7, 11) is 0. The SMILES string of the molecule is CC(C)Cc1ccc(CNC(=O)CCCN)cc1. The van der Waals surface area contributed by atoms with E-state index in [0.717, 1.165) is 18.4 Å². The largest absolute Gasteiger partial charge is 0.352 e. The van der Waals surface area contributed by atoms with E-state index >= 15 is 0 Å². The predicted molar refractivity (Wildman–Crippen MR) is 75.1 cm³/mol. The molecule has 0 aliphatic carbocycles. The monoisotopic (exact) mass is 248 g/mol. The van der Waals surface area contributed by atoms with E-state index in [0.29, 0.717) is 25.4 Å². The summed E-state index contributed by atoms with van der Waals surface area (Å²) in [6, 6.07) is 8.45. The summed E-state index contributed by atoms with van der Waals surface area (Å²) in [6.07, 6.45) is 2.37. The lowest BCUT2D eigenvalue weighted by Crippen LogP contribution is -2.23. The highest BCUT2D eigenvalue weighted by Gasteiger charge is 2.01. The smallest absolute Gasteiger partial charge is 0.220 e. The van der Waals surface area contributed by atoms with Crippen LogP contribution < -0.4 is 11.1 Å². The molecule has 1 aromatic carbocycles. The number of rotatable bonds is 7. The fourth-order valence-electron chi connectivity index (χ4n) is 1.82. The standard InChI is InChI=1S/C15H24N2O/c1-12(2)10-13-5-7-14(8-6-13)11-17-15(18)4-3-9-16/h5-8,12H,3-4,9-11,16H2,1-2H3,(H,17,18). The van der Waals surface area contributed by atoms with Crippen molar-refractivity contribution in [2.75, 3.05) is 6.54 Å². The Balaban J connectivity index is 2.37. The molecule has 3 heteroatoms. The molecule has 3 N–H and O–H groups in total. The third kappa shape index (κ3) is 5.82. The van der Waals surface area contributed by atoms with E-state index in [4.69, 9.17) is 5.73 Å². The van der Waals surface area contributed by atoms with E-state index < -0.39 is 0 Å². The van der Waals surface area contributed by atoms with Crippen molar-refractivity contribution in [3.05, 3.63) is 35.4 Å². The normalized spacial score (nSPS) is 10.7. The number of hydrogen-bond acceptors (Lipinski definition) is 2. The maximum Gasteiger partial charge on any atom is 0.220 e. The van der Waals surface area contributed by atoms with E-state index in [1.54, 1.807) is 0 Å². The molecule has 0 heterocycles. The molecule has 1 rings (SSSR count). The summed E-state index contributed by atoms with van der Waals surface area (Å²) < 4.78 is 0. The lowest BCUT2D eigenvalue weighted by Gasteiger charge is -2.07. The summed E-state index contributed by atoms with van der Waals surface area (Å²) in [5.74, 6) is 0.749. The van der Waals surface area contributed by atoms with Crippen molar-refractivity contribution in [2.24, 2.45) is 11.7 Å². The maximum atomic E-state index is 11.4. The first-order valence-corrected chi connectivity index (χ1v) is 6.66. The summed E-state index contributed by atoms with van der Waals surface area (Å²) in [5.41, 5.74) is 7.85. The molecular weight excluding hydrogens is 224 g/mol. The van der Waals surface area contributed by atoms with Crippen LogP contribution in [0.5, 0.6) is 0 Å². The van der Waals surface area contributed by atoms with Gasteiger partial charge in [-0.3, -0.25) is 4.79 Å². The van der Waals surface area contributed by atoms with Crippen LogP contribution in [0.4, 0.5) is 0 Å². The van der Waals surface area contributed by atoms with Crippen molar-refractivity contribution in [3.8, 4) is 0 Å². The molecule has 0 spiro atoms. The minimum atomic E-state index is 0.0757. The molecule has 3 nitrogen and oxygen atoms in total. The molecule has 0 saturated heterocycles. The van der Waals surface area contributed by atoms with Crippen molar-refractivity contribution in [1.82, 2.24) is 5.32 Å². The zero-order valence-electron chi connectivity index (χ0n) is 11.4. The van der Waals surface area contributed by atoms with Gasteiger partial charge in [-0.15, -0.1) is 0 Å². The first-order chi connectivity index (χ1) is 8.61. The molecule has 0 aromatic heterocycles. The summed E-state index contributed by atoms with van der Waals surface area (Å²) >= 11 is 0. The Labute approximate surface area is 110 Å².